The van der Waals surface area contributed by atoms with Crippen molar-refractivity contribution in [2.45, 2.75) is 19.4 Å². The lowest BCUT2D eigenvalue weighted by atomic mass is 10.2. The van der Waals surface area contributed by atoms with E-state index in [1.54, 1.807) is 0 Å². The van der Waals surface area contributed by atoms with Gasteiger partial charge in [0.25, 0.3) is 0 Å². The highest BCUT2D eigenvalue weighted by Gasteiger charge is 2.13. The second-order valence-electron chi connectivity index (χ2n) is 5.74. The van der Waals surface area contributed by atoms with Crippen molar-refractivity contribution in [1.29, 1.82) is 0 Å². The number of carbonyl (C=O) groups excluding carboxylic acids is 1. The molecule has 3 N–H and O–H groups in total. The van der Waals surface area contributed by atoms with E-state index >= 15 is 0 Å². The molecule has 1 amide bonds. The van der Waals surface area contributed by atoms with Crippen LogP contribution in [-0.4, -0.2) is 55.5 Å². The second kappa shape index (κ2) is 8.12. The van der Waals surface area contributed by atoms with Crippen LogP contribution in [0.4, 0.5) is 5.69 Å². The molecule has 1 aliphatic heterocycles. The maximum Gasteiger partial charge on any atom is 0.238 e. The number of hydrogen-bond acceptors (Lipinski definition) is 4. The van der Waals surface area contributed by atoms with Crippen LogP contribution >= 0.6 is 0 Å². The van der Waals surface area contributed by atoms with E-state index < -0.39 is 0 Å². The molecule has 0 radical (unpaired) electrons. The second-order valence-corrected chi connectivity index (χ2v) is 5.74. The van der Waals surface area contributed by atoms with E-state index in [9.17, 15) is 4.79 Å². The van der Waals surface area contributed by atoms with E-state index in [-0.39, 0.29) is 5.91 Å². The van der Waals surface area contributed by atoms with Crippen LogP contribution in [0.5, 0.6) is 0 Å². The number of nitrogens with two attached hydrogens (primary N) is 1. The molecule has 0 unspecified atom stereocenters. The molecule has 0 aromatic heterocycles. The van der Waals surface area contributed by atoms with E-state index in [0.29, 0.717) is 13.1 Å². The monoisotopic (exact) mass is 290 g/mol. The molecule has 0 aliphatic carbocycles. The first-order valence-electron chi connectivity index (χ1n) is 7.67. The molecule has 1 heterocycles. The highest BCUT2D eigenvalue weighted by atomic mass is 16.2. The summed E-state index contributed by atoms with van der Waals surface area (Å²) < 4.78 is 0. The molecule has 1 aromatic rings. The van der Waals surface area contributed by atoms with Crippen molar-refractivity contribution in [1.82, 2.24) is 9.80 Å². The number of likely N-dealkylation sites (N-methyl/N-ethyl adjacent to an activating group) is 1. The Labute approximate surface area is 127 Å². The standard InChI is InChI=1S/C16H26N4O/c1-19(10-11-20-8-2-3-9-20)13-16(21)18-15-6-4-14(12-17)5-7-15/h4-7H,2-3,8-13,17H2,1H3,(H,18,21). The van der Waals surface area contributed by atoms with E-state index in [0.717, 1.165) is 24.3 Å². The summed E-state index contributed by atoms with van der Waals surface area (Å²) in [6.45, 7) is 5.33. The fraction of sp³-hybridized carbons (Fsp3) is 0.562. The Morgan fingerprint density at radius 3 is 2.57 bits per heavy atom. The van der Waals surface area contributed by atoms with Gasteiger partial charge in [0.1, 0.15) is 0 Å². The van der Waals surface area contributed by atoms with Gasteiger partial charge in [-0.15, -0.1) is 0 Å². The Hall–Kier alpha value is -1.43. The van der Waals surface area contributed by atoms with Gasteiger partial charge >= 0.3 is 0 Å². The molecular formula is C16H26N4O. The Morgan fingerprint density at radius 2 is 1.95 bits per heavy atom. The maximum absolute atomic E-state index is 12.0. The fourth-order valence-electron chi connectivity index (χ4n) is 2.57. The summed E-state index contributed by atoms with van der Waals surface area (Å²) in [5, 5.41) is 2.92. The van der Waals surface area contributed by atoms with Crippen LogP contribution in [0.15, 0.2) is 24.3 Å². The normalized spacial score (nSPS) is 15.6. The largest absolute Gasteiger partial charge is 0.326 e. The molecule has 0 atom stereocenters. The van der Waals surface area contributed by atoms with Gasteiger partial charge in [0.15, 0.2) is 0 Å². The Bertz CT molecular complexity index is 440. The van der Waals surface area contributed by atoms with E-state index in [1.807, 2.05) is 31.3 Å². The Kier molecular flexibility index (Phi) is 6.17. The van der Waals surface area contributed by atoms with Gasteiger partial charge in [0, 0.05) is 25.3 Å². The molecule has 0 spiro atoms. The van der Waals surface area contributed by atoms with Crippen LogP contribution in [0.2, 0.25) is 0 Å². The molecule has 1 aliphatic rings. The van der Waals surface area contributed by atoms with Crippen LogP contribution in [-0.2, 0) is 11.3 Å². The zero-order valence-electron chi connectivity index (χ0n) is 12.8. The Morgan fingerprint density at radius 1 is 1.29 bits per heavy atom. The summed E-state index contributed by atoms with van der Waals surface area (Å²) in [6.07, 6.45) is 2.62. The first kappa shape index (κ1) is 15.9. The number of rotatable bonds is 7. The SMILES string of the molecule is CN(CCN1CCCC1)CC(=O)Nc1ccc(CN)cc1. The summed E-state index contributed by atoms with van der Waals surface area (Å²) in [7, 11) is 1.99. The zero-order valence-corrected chi connectivity index (χ0v) is 12.8. The molecular weight excluding hydrogens is 264 g/mol. The highest BCUT2D eigenvalue weighted by molar-refractivity contribution is 5.92. The first-order chi connectivity index (χ1) is 10.2. The number of hydrogen-bond donors (Lipinski definition) is 2. The van der Waals surface area contributed by atoms with Gasteiger partial charge in [-0.25, -0.2) is 0 Å². The molecule has 1 saturated heterocycles. The third kappa shape index (κ3) is 5.46. The topological polar surface area (TPSA) is 61.6 Å². The molecule has 1 aromatic carbocycles. The maximum atomic E-state index is 12.0. The van der Waals surface area contributed by atoms with Crippen molar-refractivity contribution in [2.24, 2.45) is 5.73 Å². The number of anilines is 1. The quantitative estimate of drug-likeness (QED) is 0.790. The lowest BCUT2D eigenvalue weighted by Gasteiger charge is -2.20. The smallest absolute Gasteiger partial charge is 0.238 e. The first-order valence-corrected chi connectivity index (χ1v) is 7.67. The van der Waals surface area contributed by atoms with Gasteiger partial charge in [0.05, 0.1) is 6.54 Å². The van der Waals surface area contributed by atoms with Gasteiger partial charge < -0.3 is 16.0 Å². The number of benzene rings is 1. The van der Waals surface area contributed by atoms with Crippen molar-refractivity contribution in [3.63, 3.8) is 0 Å². The number of amides is 1. The summed E-state index contributed by atoms with van der Waals surface area (Å²) in [6, 6.07) is 7.66. The summed E-state index contributed by atoms with van der Waals surface area (Å²) in [5.41, 5.74) is 7.44. The molecule has 1 fully saturated rings. The Balaban J connectivity index is 1.69. The minimum absolute atomic E-state index is 0.0272. The van der Waals surface area contributed by atoms with Gasteiger partial charge in [-0.2, -0.15) is 0 Å². The molecule has 2 rings (SSSR count). The molecule has 5 heteroatoms. The number of carbonyl (C=O) groups is 1. The fourth-order valence-corrected chi connectivity index (χ4v) is 2.57. The van der Waals surface area contributed by atoms with Crippen LogP contribution in [0.25, 0.3) is 0 Å². The molecule has 21 heavy (non-hydrogen) atoms. The minimum atomic E-state index is 0.0272. The molecule has 5 nitrogen and oxygen atoms in total. The van der Waals surface area contributed by atoms with Crippen molar-refractivity contribution in [3.8, 4) is 0 Å². The van der Waals surface area contributed by atoms with E-state index in [1.165, 1.54) is 25.9 Å². The van der Waals surface area contributed by atoms with Crippen molar-refractivity contribution >= 4 is 11.6 Å². The van der Waals surface area contributed by atoms with E-state index in [4.69, 9.17) is 5.73 Å². The van der Waals surface area contributed by atoms with Gasteiger partial charge in [-0.1, -0.05) is 12.1 Å². The lowest BCUT2D eigenvalue weighted by molar-refractivity contribution is -0.117. The third-order valence-electron chi connectivity index (χ3n) is 3.88. The summed E-state index contributed by atoms with van der Waals surface area (Å²) in [4.78, 5) is 16.5. The average Bonchev–Trinajstić information content (AvgIpc) is 2.99. The van der Waals surface area contributed by atoms with Gasteiger partial charge in [-0.05, 0) is 50.7 Å². The predicted molar refractivity (Wildman–Crippen MR) is 86.1 cm³/mol. The summed E-state index contributed by atoms with van der Waals surface area (Å²) >= 11 is 0. The molecule has 0 bridgehead atoms. The van der Waals surface area contributed by atoms with Crippen LogP contribution in [0.3, 0.4) is 0 Å². The van der Waals surface area contributed by atoms with Crippen molar-refractivity contribution < 1.29 is 4.79 Å². The molecule has 0 saturated carbocycles. The van der Waals surface area contributed by atoms with E-state index in [2.05, 4.69) is 15.1 Å². The molecule has 116 valence electrons. The van der Waals surface area contributed by atoms with Crippen LogP contribution in [0.1, 0.15) is 18.4 Å². The minimum Gasteiger partial charge on any atom is -0.326 e. The van der Waals surface area contributed by atoms with Crippen LogP contribution < -0.4 is 11.1 Å². The van der Waals surface area contributed by atoms with Gasteiger partial charge in [-0.3, -0.25) is 9.69 Å². The average molecular weight is 290 g/mol. The number of nitrogens with zero attached hydrogens (tertiary/aromatic N) is 2. The zero-order chi connectivity index (χ0) is 15.1. The summed E-state index contributed by atoms with van der Waals surface area (Å²) in [5.74, 6) is 0.0272. The number of likely N-dealkylation sites (tertiary alicyclic amines) is 1. The lowest BCUT2D eigenvalue weighted by Crippen LogP contribution is -2.36. The van der Waals surface area contributed by atoms with Crippen LogP contribution in [0, 0.1) is 0 Å². The highest BCUT2D eigenvalue weighted by Crippen LogP contribution is 2.09. The van der Waals surface area contributed by atoms with Gasteiger partial charge in [0.2, 0.25) is 5.91 Å². The number of nitrogens with one attached hydrogen (secondary N) is 1. The third-order valence-corrected chi connectivity index (χ3v) is 3.88. The van der Waals surface area contributed by atoms with Crippen molar-refractivity contribution in [3.05, 3.63) is 29.8 Å². The van der Waals surface area contributed by atoms with Crippen molar-refractivity contribution in [2.75, 3.05) is 45.1 Å². The predicted octanol–water partition coefficient (Wildman–Crippen LogP) is 1.11.